The van der Waals surface area contributed by atoms with Gasteiger partial charge in [0.05, 0.1) is 12.8 Å². The van der Waals surface area contributed by atoms with Crippen molar-refractivity contribution >= 4 is 11.5 Å². The predicted octanol–water partition coefficient (Wildman–Crippen LogP) is 4.63. The fourth-order valence-electron chi connectivity index (χ4n) is 4.13. The highest BCUT2D eigenvalue weighted by Gasteiger charge is 2.29. The summed E-state index contributed by atoms with van der Waals surface area (Å²) in [5.74, 6) is 3.71. The van der Waals surface area contributed by atoms with E-state index in [-0.39, 0.29) is 6.04 Å². The molecule has 5 rings (SSSR count). The summed E-state index contributed by atoms with van der Waals surface area (Å²) in [6, 6.07) is 8.21. The Morgan fingerprint density at radius 3 is 2.72 bits per heavy atom. The average molecular weight is 433 g/mol. The second-order valence-electron chi connectivity index (χ2n) is 8.73. The zero-order valence-corrected chi connectivity index (χ0v) is 19.1. The van der Waals surface area contributed by atoms with Crippen LogP contribution in [0.2, 0.25) is 0 Å². The van der Waals surface area contributed by atoms with Crippen molar-refractivity contribution in [1.29, 1.82) is 0 Å². The first-order valence-corrected chi connectivity index (χ1v) is 11.0. The SMILES string of the molecule is COc1ccc(-c2c(C)nn3c(NC(C)Cc4noc(C5CC5)n4)cc(C)nc23)c(C)c1. The van der Waals surface area contributed by atoms with Crippen LogP contribution in [0.25, 0.3) is 16.8 Å². The fraction of sp³-hybridized carbons (Fsp3) is 0.417. The number of benzene rings is 1. The van der Waals surface area contributed by atoms with Crippen molar-refractivity contribution in [2.45, 2.75) is 58.9 Å². The number of hydrogen-bond donors (Lipinski definition) is 1. The first kappa shape index (κ1) is 20.5. The van der Waals surface area contributed by atoms with Gasteiger partial charge in [0.2, 0.25) is 5.89 Å². The van der Waals surface area contributed by atoms with Gasteiger partial charge in [-0.15, -0.1) is 0 Å². The number of methoxy groups -OCH3 is 1. The van der Waals surface area contributed by atoms with Gasteiger partial charge in [-0.05, 0) is 63.8 Å². The van der Waals surface area contributed by atoms with Crippen LogP contribution < -0.4 is 10.1 Å². The quantitative estimate of drug-likeness (QED) is 0.455. The molecule has 0 aliphatic heterocycles. The largest absolute Gasteiger partial charge is 0.497 e. The van der Waals surface area contributed by atoms with E-state index in [1.54, 1.807) is 7.11 Å². The number of fused-ring (bicyclic) bond motifs is 1. The molecule has 32 heavy (non-hydrogen) atoms. The molecule has 0 radical (unpaired) electrons. The van der Waals surface area contributed by atoms with Crippen molar-refractivity contribution in [1.82, 2.24) is 24.7 Å². The summed E-state index contributed by atoms with van der Waals surface area (Å²) in [7, 11) is 1.68. The lowest BCUT2D eigenvalue weighted by Gasteiger charge is -2.15. The highest BCUT2D eigenvalue weighted by molar-refractivity contribution is 5.83. The Hall–Kier alpha value is -3.42. The molecule has 1 aromatic carbocycles. The minimum absolute atomic E-state index is 0.0975. The van der Waals surface area contributed by atoms with Gasteiger partial charge in [0.1, 0.15) is 11.6 Å². The fourth-order valence-corrected chi connectivity index (χ4v) is 4.13. The maximum Gasteiger partial charge on any atom is 0.229 e. The van der Waals surface area contributed by atoms with E-state index in [9.17, 15) is 0 Å². The maximum atomic E-state index is 5.40. The van der Waals surface area contributed by atoms with Crippen LogP contribution in [0.5, 0.6) is 5.75 Å². The third-order valence-corrected chi connectivity index (χ3v) is 5.89. The van der Waals surface area contributed by atoms with Crippen LogP contribution >= 0.6 is 0 Å². The molecule has 166 valence electrons. The van der Waals surface area contributed by atoms with E-state index >= 15 is 0 Å². The minimum Gasteiger partial charge on any atom is -0.497 e. The van der Waals surface area contributed by atoms with Crippen LogP contribution in [0.1, 0.15) is 54.3 Å². The Morgan fingerprint density at radius 1 is 1.19 bits per heavy atom. The average Bonchev–Trinajstić information content (AvgIpc) is 3.41. The molecule has 0 saturated heterocycles. The highest BCUT2D eigenvalue weighted by Crippen LogP contribution is 2.39. The molecule has 0 amide bonds. The third kappa shape index (κ3) is 3.81. The molecule has 1 saturated carbocycles. The Morgan fingerprint density at radius 2 is 2.00 bits per heavy atom. The van der Waals surface area contributed by atoms with E-state index in [0.29, 0.717) is 12.3 Å². The molecule has 0 spiro atoms. The van der Waals surface area contributed by atoms with Gasteiger partial charge in [-0.1, -0.05) is 11.2 Å². The van der Waals surface area contributed by atoms with Gasteiger partial charge >= 0.3 is 0 Å². The maximum absolute atomic E-state index is 5.40. The van der Waals surface area contributed by atoms with Gasteiger partial charge < -0.3 is 14.6 Å². The number of rotatable bonds is 7. The van der Waals surface area contributed by atoms with Crippen LogP contribution in [0.3, 0.4) is 0 Å². The molecule has 1 fully saturated rings. The van der Waals surface area contributed by atoms with Crippen molar-refractivity contribution in [3.63, 3.8) is 0 Å². The molecule has 0 bridgehead atoms. The minimum atomic E-state index is 0.0975. The normalized spacial score (nSPS) is 14.7. The number of aryl methyl sites for hydroxylation is 3. The van der Waals surface area contributed by atoms with Gasteiger partial charge in [-0.25, -0.2) is 4.98 Å². The van der Waals surface area contributed by atoms with E-state index < -0.39 is 0 Å². The first-order chi connectivity index (χ1) is 15.4. The van der Waals surface area contributed by atoms with Crippen molar-refractivity contribution in [3.8, 4) is 16.9 Å². The van der Waals surface area contributed by atoms with Crippen LogP contribution in [0, 0.1) is 20.8 Å². The van der Waals surface area contributed by atoms with Gasteiger partial charge in [-0.2, -0.15) is 14.6 Å². The topological polar surface area (TPSA) is 90.4 Å². The third-order valence-electron chi connectivity index (χ3n) is 5.89. The summed E-state index contributed by atoms with van der Waals surface area (Å²) < 4.78 is 12.7. The van der Waals surface area contributed by atoms with Crippen molar-refractivity contribution in [2.24, 2.45) is 0 Å². The van der Waals surface area contributed by atoms with Gasteiger partial charge in [0, 0.05) is 35.7 Å². The molecule has 4 aromatic rings. The molecular weight excluding hydrogens is 404 g/mol. The molecule has 1 aliphatic carbocycles. The molecule has 3 heterocycles. The number of anilines is 1. The lowest BCUT2D eigenvalue weighted by molar-refractivity contribution is 0.373. The highest BCUT2D eigenvalue weighted by atomic mass is 16.5. The van der Waals surface area contributed by atoms with Crippen molar-refractivity contribution in [2.75, 3.05) is 12.4 Å². The summed E-state index contributed by atoms with van der Waals surface area (Å²) >= 11 is 0. The van der Waals surface area contributed by atoms with Crippen LogP contribution in [-0.2, 0) is 6.42 Å². The molecule has 1 N–H and O–H groups in total. The predicted molar refractivity (Wildman–Crippen MR) is 122 cm³/mol. The number of nitrogens with one attached hydrogen (secondary N) is 1. The Labute approximate surface area is 187 Å². The Balaban J connectivity index is 1.46. The molecule has 8 heteroatoms. The second-order valence-corrected chi connectivity index (χ2v) is 8.73. The van der Waals surface area contributed by atoms with E-state index in [0.717, 1.165) is 69.8 Å². The number of aromatic nitrogens is 5. The number of ether oxygens (including phenoxy) is 1. The number of nitrogens with zero attached hydrogens (tertiary/aromatic N) is 5. The van der Waals surface area contributed by atoms with E-state index in [1.165, 1.54) is 0 Å². The smallest absolute Gasteiger partial charge is 0.229 e. The second kappa shape index (κ2) is 7.93. The van der Waals surface area contributed by atoms with E-state index in [2.05, 4.69) is 35.4 Å². The lowest BCUT2D eigenvalue weighted by Crippen LogP contribution is -2.21. The van der Waals surface area contributed by atoms with E-state index in [4.69, 9.17) is 19.3 Å². The lowest BCUT2D eigenvalue weighted by atomic mass is 10.0. The van der Waals surface area contributed by atoms with Crippen LogP contribution in [0.15, 0.2) is 28.8 Å². The molecular formula is C24H28N6O2. The molecule has 1 unspecified atom stereocenters. The zero-order valence-electron chi connectivity index (χ0n) is 19.1. The van der Waals surface area contributed by atoms with Crippen LogP contribution in [0.4, 0.5) is 5.82 Å². The summed E-state index contributed by atoms with van der Waals surface area (Å²) in [4.78, 5) is 9.38. The van der Waals surface area contributed by atoms with Gasteiger partial charge in [0.25, 0.3) is 0 Å². The van der Waals surface area contributed by atoms with Gasteiger partial charge in [-0.3, -0.25) is 0 Å². The van der Waals surface area contributed by atoms with Crippen LogP contribution in [-0.4, -0.2) is 37.9 Å². The monoisotopic (exact) mass is 432 g/mol. The van der Waals surface area contributed by atoms with Crippen molar-refractivity contribution in [3.05, 3.63) is 52.9 Å². The molecule has 1 aliphatic rings. The Kier molecular flexibility index (Phi) is 5.07. The molecule has 3 aromatic heterocycles. The standard InChI is InChI=1S/C24H28N6O2/c1-13-10-18(31-5)8-9-19(13)22-16(4)28-30-21(12-15(3)26-23(22)30)25-14(2)11-20-27-24(32-29-20)17-6-7-17/h8-10,12,14,17,25H,6-7,11H2,1-5H3. The summed E-state index contributed by atoms with van der Waals surface area (Å²) in [5.41, 5.74) is 5.96. The van der Waals surface area contributed by atoms with Gasteiger partial charge in [0.15, 0.2) is 11.5 Å². The summed E-state index contributed by atoms with van der Waals surface area (Å²) in [5, 5.41) is 12.5. The molecule has 1 atom stereocenters. The first-order valence-electron chi connectivity index (χ1n) is 11.0. The Bertz CT molecular complexity index is 1290. The zero-order chi connectivity index (χ0) is 22.4. The van der Waals surface area contributed by atoms with E-state index in [1.807, 2.05) is 36.6 Å². The van der Waals surface area contributed by atoms with Crippen molar-refractivity contribution < 1.29 is 9.26 Å². The summed E-state index contributed by atoms with van der Waals surface area (Å²) in [6.07, 6.45) is 2.97. The molecule has 8 nitrogen and oxygen atoms in total. The number of hydrogen-bond acceptors (Lipinski definition) is 7. The summed E-state index contributed by atoms with van der Waals surface area (Å²) in [6.45, 7) is 8.22.